The van der Waals surface area contributed by atoms with Crippen LogP contribution in [0.2, 0.25) is 5.28 Å². The molecular formula is C14H10ClF2N7O3S. The lowest BCUT2D eigenvalue weighted by molar-refractivity contribution is 0.483. The molecule has 0 radical (unpaired) electrons. The molecule has 0 aliphatic carbocycles. The normalized spacial score (nSPS) is 11.3. The zero-order valence-electron chi connectivity index (χ0n) is 13.9. The molecule has 3 N–H and O–H groups in total. The Morgan fingerprint density at radius 2 is 1.79 bits per heavy atom. The molecule has 0 spiro atoms. The largest absolute Gasteiger partial charge is 0.339 e. The van der Waals surface area contributed by atoms with Crippen LogP contribution in [0.5, 0.6) is 0 Å². The molecule has 2 aromatic heterocycles. The van der Waals surface area contributed by atoms with Gasteiger partial charge in [0.1, 0.15) is 16.5 Å². The Morgan fingerprint density at radius 3 is 2.43 bits per heavy atom. The maximum Gasteiger partial charge on any atom is 0.313 e. The topological polar surface area (TPSA) is 143 Å². The Kier molecular flexibility index (Phi) is 5.31. The molecule has 146 valence electrons. The van der Waals surface area contributed by atoms with Crippen LogP contribution < -0.4 is 10.6 Å². The summed E-state index contributed by atoms with van der Waals surface area (Å²) in [6.07, 6.45) is -1.36. The molecule has 0 amide bonds. The van der Waals surface area contributed by atoms with Gasteiger partial charge in [0.15, 0.2) is 0 Å². The molecule has 3 rings (SSSR count). The number of aryl methyl sites for hydroxylation is 1. The van der Waals surface area contributed by atoms with Crippen LogP contribution in [0.1, 0.15) is 5.82 Å². The predicted molar refractivity (Wildman–Crippen MR) is 94.3 cm³/mol. The molecule has 0 aliphatic rings. The zero-order valence-corrected chi connectivity index (χ0v) is 15.4. The van der Waals surface area contributed by atoms with Crippen molar-refractivity contribution in [2.75, 3.05) is 10.6 Å². The van der Waals surface area contributed by atoms with Crippen LogP contribution in [0, 0.1) is 18.9 Å². The number of hydrogen-bond donors (Lipinski definition) is 3. The van der Waals surface area contributed by atoms with Crippen LogP contribution in [0.15, 0.2) is 29.2 Å². The molecule has 14 heteroatoms. The Balaban J connectivity index is 2.01. The molecule has 0 bridgehead atoms. The van der Waals surface area contributed by atoms with Crippen molar-refractivity contribution >= 4 is 44.9 Å². The molecule has 2 heterocycles. The third kappa shape index (κ3) is 4.82. The second-order valence-corrected chi connectivity index (χ2v) is 6.98. The van der Waals surface area contributed by atoms with Gasteiger partial charge in [-0.3, -0.25) is 4.55 Å². The maximum absolute atomic E-state index is 13.3. The minimum atomic E-state index is -4.66. The second-order valence-electron chi connectivity index (χ2n) is 5.26. The van der Waals surface area contributed by atoms with Crippen LogP contribution in [0.3, 0.4) is 0 Å². The summed E-state index contributed by atoms with van der Waals surface area (Å²) in [6, 6.07) is 4.34. The summed E-state index contributed by atoms with van der Waals surface area (Å²) in [4.78, 5) is 17.3. The molecule has 0 aliphatic heterocycles. The highest BCUT2D eigenvalue weighted by Crippen LogP contribution is 2.29. The number of benzene rings is 1. The van der Waals surface area contributed by atoms with Crippen molar-refractivity contribution in [3.63, 3.8) is 0 Å². The van der Waals surface area contributed by atoms with Crippen molar-refractivity contribution in [2.45, 2.75) is 11.8 Å². The Morgan fingerprint density at radius 1 is 1.04 bits per heavy atom. The van der Waals surface area contributed by atoms with E-state index in [4.69, 9.17) is 11.6 Å². The Hall–Kier alpha value is -3.03. The van der Waals surface area contributed by atoms with Gasteiger partial charge < -0.3 is 10.6 Å². The van der Waals surface area contributed by atoms with E-state index in [1.165, 1.54) is 12.1 Å². The lowest BCUT2D eigenvalue weighted by Crippen LogP contribution is -2.07. The van der Waals surface area contributed by atoms with E-state index in [-0.39, 0.29) is 28.4 Å². The summed E-state index contributed by atoms with van der Waals surface area (Å²) < 4.78 is 59.0. The number of hydrogen-bond acceptors (Lipinski definition) is 9. The average molecular weight is 430 g/mol. The SMILES string of the molecule is Cc1nc(Cl)nc(Nc2ccc(S(=O)(=O)O)c(Nc3cc(F)nc(F)n3)c2)n1. The first kappa shape index (κ1) is 19.7. The van der Waals surface area contributed by atoms with Gasteiger partial charge in [0, 0.05) is 11.8 Å². The van der Waals surface area contributed by atoms with Crippen LogP contribution in [0.25, 0.3) is 0 Å². The zero-order chi connectivity index (χ0) is 20.5. The summed E-state index contributed by atoms with van der Waals surface area (Å²) in [5.41, 5.74) is 0.0495. The van der Waals surface area contributed by atoms with Crippen molar-refractivity contribution in [2.24, 2.45) is 0 Å². The first-order valence-electron chi connectivity index (χ1n) is 7.34. The number of halogens is 3. The van der Waals surface area contributed by atoms with Crippen LogP contribution in [-0.2, 0) is 10.1 Å². The highest BCUT2D eigenvalue weighted by atomic mass is 35.5. The van der Waals surface area contributed by atoms with E-state index < -0.39 is 27.0 Å². The van der Waals surface area contributed by atoms with E-state index >= 15 is 0 Å². The first-order chi connectivity index (χ1) is 13.1. The van der Waals surface area contributed by atoms with Crippen molar-refractivity contribution in [1.29, 1.82) is 0 Å². The highest BCUT2D eigenvalue weighted by molar-refractivity contribution is 7.86. The molecule has 0 unspecified atom stereocenters. The summed E-state index contributed by atoms with van der Waals surface area (Å²) in [5.74, 6) is -1.14. The summed E-state index contributed by atoms with van der Waals surface area (Å²) in [7, 11) is -4.66. The van der Waals surface area contributed by atoms with Gasteiger partial charge in [-0.15, -0.1) is 0 Å². The smallest absolute Gasteiger partial charge is 0.313 e. The van der Waals surface area contributed by atoms with Crippen molar-refractivity contribution < 1.29 is 21.8 Å². The van der Waals surface area contributed by atoms with Gasteiger partial charge in [-0.05, 0) is 36.7 Å². The third-order valence-corrected chi connectivity index (χ3v) is 4.24. The monoisotopic (exact) mass is 429 g/mol. The Labute approximate surface area is 161 Å². The molecule has 28 heavy (non-hydrogen) atoms. The van der Waals surface area contributed by atoms with Gasteiger partial charge in [0.2, 0.25) is 17.2 Å². The molecule has 0 saturated heterocycles. The van der Waals surface area contributed by atoms with Crippen molar-refractivity contribution in [3.05, 3.63) is 47.4 Å². The second kappa shape index (κ2) is 7.53. The average Bonchev–Trinajstić information content (AvgIpc) is 2.51. The Bertz CT molecular complexity index is 1120. The van der Waals surface area contributed by atoms with Gasteiger partial charge in [-0.2, -0.15) is 37.1 Å². The molecule has 0 saturated carbocycles. The van der Waals surface area contributed by atoms with Gasteiger partial charge >= 0.3 is 6.08 Å². The molecule has 1 aromatic carbocycles. The van der Waals surface area contributed by atoms with E-state index in [0.29, 0.717) is 5.82 Å². The van der Waals surface area contributed by atoms with Gasteiger partial charge in [0.05, 0.1) is 5.69 Å². The van der Waals surface area contributed by atoms with Crippen LogP contribution in [-0.4, -0.2) is 37.9 Å². The quantitative estimate of drug-likeness (QED) is 0.314. The van der Waals surface area contributed by atoms with Gasteiger partial charge in [-0.1, -0.05) is 0 Å². The van der Waals surface area contributed by atoms with E-state index in [9.17, 15) is 21.8 Å². The van der Waals surface area contributed by atoms with E-state index in [1.807, 2.05) is 0 Å². The van der Waals surface area contributed by atoms with E-state index in [0.717, 1.165) is 12.1 Å². The third-order valence-electron chi connectivity index (χ3n) is 3.16. The fraction of sp³-hybridized carbons (Fsp3) is 0.0714. The summed E-state index contributed by atoms with van der Waals surface area (Å²) in [5, 5.41) is 5.13. The lowest BCUT2D eigenvalue weighted by atomic mass is 10.2. The summed E-state index contributed by atoms with van der Waals surface area (Å²) in [6.45, 7) is 1.59. The van der Waals surface area contributed by atoms with Gasteiger partial charge in [-0.25, -0.2) is 4.98 Å². The van der Waals surface area contributed by atoms with Crippen LogP contribution in [0.4, 0.5) is 31.9 Å². The molecule has 10 nitrogen and oxygen atoms in total. The molecular weight excluding hydrogens is 420 g/mol. The lowest BCUT2D eigenvalue weighted by Gasteiger charge is -2.12. The minimum Gasteiger partial charge on any atom is -0.339 e. The van der Waals surface area contributed by atoms with Crippen molar-refractivity contribution in [1.82, 2.24) is 24.9 Å². The van der Waals surface area contributed by atoms with Crippen LogP contribution >= 0.6 is 11.6 Å². The number of nitrogens with one attached hydrogen (secondary N) is 2. The van der Waals surface area contributed by atoms with Gasteiger partial charge in [0.25, 0.3) is 10.1 Å². The number of nitrogens with zero attached hydrogens (tertiary/aromatic N) is 5. The first-order valence-corrected chi connectivity index (χ1v) is 9.16. The predicted octanol–water partition coefficient (Wildman–Crippen LogP) is 2.64. The molecule has 3 aromatic rings. The molecule has 0 atom stereocenters. The molecule has 0 fully saturated rings. The minimum absolute atomic E-state index is 0.0603. The standard InChI is InChI=1S/C14H10ClF2N7O3S/c1-6-18-12(15)24-14(19-6)20-7-2-3-9(28(25,26)27)8(4-7)21-11-5-10(16)22-13(17)23-11/h2-5H,1H3,(H,21,22,23)(H,25,26,27)(H,18,19,20,24). The highest BCUT2D eigenvalue weighted by Gasteiger charge is 2.18. The number of aromatic nitrogens is 5. The fourth-order valence-corrected chi connectivity index (χ4v) is 2.99. The summed E-state index contributed by atoms with van der Waals surface area (Å²) >= 11 is 5.76. The van der Waals surface area contributed by atoms with E-state index in [2.05, 4.69) is 35.6 Å². The fourth-order valence-electron chi connectivity index (χ4n) is 2.16. The number of anilines is 4. The number of rotatable bonds is 5. The maximum atomic E-state index is 13.3. The van der Waals surface area contributed by atoms with E-state index in [1.54, 1.807) is 6.92 Å². The van der Waals surface area contributed by atoms with Crippen molar-refractivity contribution in [3.8, 4) is 0 Å².